The molecule has 2 aromatic rings. The standard InChI is InChI=1S/C18H16ClFO3S2/c1-24-11-15-10-17(18(23-15)12-2-4-13(19)5-3-12)25(21,22)16-8-6-14(20)7-9-16/h2-9,15H,10-11H2,1H3. The summed E-state index contributed by atoms with van der Waals surface area (Å²) >= 11 is 7.51. The van der Waals surface area contributed by atoms with Crippen molar-refractivity contribution in [2.45, 2.75) is 17.4 Å². The number of sulfone groups is 1. The highest BCUT2D eigenvalue weighted by Gasteiger charge is 2.35. The van der Waals surface area contributed by atoms with E-state index in [1.54, 1.807) is 36.0 Å². The average Bonchev–Trinajstić information content (AvgIpc) is 3.01. The molecule has 0 amide bonds. The Labute approximate surface area is 155 Å². The van der Waals surface area contributed by atoms with Gasteiger partial charge >= 0.3 is 0 Å². The van der Waals surface area contributed by atoms with E-state index >= 15 is 0 Å². The van der Waals surface area contributed by atoms with Gasteiger partial charge in [0.2, 0.25) is 9.84 Å². The smallest absolute Gasteiger partial charge is 0.206 e. The Kier molecular flexibility index (Phi) is 5.41. The van der Waals surface area contributed by atoms with Gasteiger partial charge in [-0.1, -0.05) is 11.6 Å². The van der Waals surface area contributed by atoms with Crippen LogP contribution in [0.1, 0.15) is 12.0 Å². The number of thioether (sulfide) groups is 1. The zero-order valence-corrected chi connectivity index (χ0v) is 15.8. The second kappa shape index (κ2) is 7.40. The highest BCUT2D eigenvalue weighted by molar-refractivity contribution is 7.98. The summed E-state index contributed by atoms with van der Waals surface area (Å²) in [4.78, 5) is 0.282. The number of hydrogen-bond acceptors (Lipinski definition) is 4. The van der Waals surface area contributed by atoms with Gasteiger partial charge in [-0.15, -0.1) is 0 Å². The first-order valence-electron chi connectivity index (χ1n) is 7.57. The third-order valence-electron chi connectivity index (χ3n) is 3.86. The molecule has 0 N–H and O–H groups in total. The molecule has 1 aliphatic rings. The second-order valence-corrected chi connectivity index (χ2v) is 8.93. The third-order valence-corrected chi connectivity index (χ3v) is 6.71. The van der Waals surface area contributed by atoms with Crippen LogP contribution in [0, 0.1) is 5.82 Å². The van der Waals surface area contributed by atoms with Crippen LogP contribution in [-0.4, -0.2) is 26.5 Å². The van der Waals surface area contributed by atoms with E-state index in [-0.39, 0.29) is 15.9 Å². The first kappa shape index (κ1) is 18.3. The molecule has 0 fully saturated rings. The van der Waals surface area contributed by atoms with E-state index in [2.05, 4.69) is 0 Å². The van der Waals surface area contributed by atoms with E-state index in [0.29, 0.717) is 28.5 Å². The van der Waals surface area contributed by atoms with Crippen LogP contribution in [0.5, 0.6) is 0 Å². The summed E-state index contributed by atoms with van der Waals surface area (Å²) < 4.78 is 45.2. The monoisotopic (exact) mass is 398 g/mol. The number of benzene rings is 2. The maximum atomic E-state index is 13.1. The van der Waals surface area contributed by atoms with Crippen LogP contribution in [0.4, 0.5) is 4.39 Å². The van der Waals surface area contributed by atoms with Crippen LogP contribution in [0.25, 0.3) is 5.76 Å². The van der Waals surface area contributed by atoms with E-state index in [4.69, 9.17) is 16.3 Å². The molecule has 0 radical (unpaired) electrons. The predicted molar refractivity (Wildman–Crippen MR) is 99.8 cm³/mol. The lowest BCUT2D eigenvalue weighted by Crippen LogP contribution is -2.11. The molecule has 0 aliphatic carbocycles. The summed E-state index contributed by atoms with van der Waals surface area (Å²) in [6.45, 7) is 0. The molecule has 3 nitrogen and oxygen atoms in total. The van der Waals surface area contributed by atoms with E-state index in [1.165, 1.54) is 12.1 Å². The van der Waals surface area contributed by atoms with Gasteiger partial charge in [-0.3, -0.25) is 0 Å². The maximum Gasteiger partial charge on any atom is 0.206 e. The van der Waals surface area contributed by atoms with Crippen LogP contribution in [0.2, 0.25) is 5.02 Å². The fraction of sp³-hybridized carbons (Fsp3) is 0.222. The molecule has 132 valence electrons. The fourth-order valence-electron chi connectivity index (χ4n) is 2.67. The molecule has 0 saturated heterocycles. The van der Waals surface area contributed by atoms with Crippen LogP contribution >= 0.6 is 23.4 Å². The van der Waals surface area contributed by atoms with Crippen molar-refractivity contribution in [2.75, 3.05) is 12.0 Å². The van der Waals surface area contributed by atoms with Gasteiger partial charge in [-0.25, -0.2) is 12.8 Å². The van der Waals surface area contributed by atoms with Crippen molar-refractivity contribution in [3.8, 4) is 0 Å². The van der Waals surface area contributed by atoms with E-state index < -0.39 is 15.7 Å². The van der Waals surface area contributed by atoms with Gasteiger partial charge in [-0.05, 0) is 54.8 Å². The number of ether oxygens (including phenoxy) is 1. The van der Waals surface area contributed by atoms with Crippen molar-refractivity contribution in [1.82, 2.24) is 0 Å². The molecule has 0 aromatic heterocycles. The van der Waals surface area contributed by atoms with Crippen molar-refractivity contribution in [1.29, 1.82) is 0 Å². The van der Waals surface area contributed by atoms with Crippen molar-refractivity contribution < 1.29 is 17.5 Å². The van der Waals surface area contributed by atoms with Crippen LogP contribution in [0.15, 0.2) is 58.3 Å². The van der Waals surface area contributed by atoms with Gasteiger partial charge in [0.05, 0.1) is 9.80 Å². The lowest BCUT2D eigenvalue weighted by atomic mass is 10.2. The van der Waals surface area contributed by atoms with E-state index in [9.17, 15) is 12.8 Å². The van der Waals surface area contributed by atoms with Gasteiger partial charge in [0.15, 0.2) is 0 Å². The molecule has 0 saturated carbocycles. The van der Waals surface area contributed by atoms with Crippen molar-refractivity contribution in [3.63, 3.8) is 0 Å². The highest BCUT2D eigenvalue weighted by atomic mass is 35.5. The van der Waals surface area contributed by atoms with Crippen LogP contribution in [-0.2, 0) is 14.6 Å². The quantitative estimate of drug-likeness (QED) is 0.680. The predicted octanol–water partition coefficient (Wildman–Crippen LogP) is 4.77. The molecule has 7 heteroatoms. The van der Waals surface area contributed by atoms with Crippen molar-refractivity contribution in [3.05, 3.63) is 69.8 Å². The summed E-state index contributed by atoms with van der Waals surface area (Å²) in [6.07, 6.45) is 2.02. The minimum absolute atomic E-state index is 0.0590. The molecular formula is C18H16ClFO3S2. The first-order valence-corrected chi connectivity index (χ1v) is 10.8. The Morgan fingerprint density at radius 1 is 1.16 bits per heavy atom. The lowest BCUT2D eigenvalue weighted by Gasteiger charge is -2.11. The number of hydrogen-bond donors (Lipinski definition) is 0. The second-order valence-electron chi connectivity index (χ2n) is 5.62. The number of halogens is 2. The summed E-state index contributed by atoms with van der Waals surface area (Å²) in [7, 11) is -3.77. The molecule has 1 atom stereocenters. The molecule has 25 heavy (non-hydrogen) atoms. The summed E-state index contributed by atoms with van der Waals surface area (Å²) in [5, 5.41) is 0.561. The maximum absolute atomic E-state index is 13.1. The van der Waals surface area contributed by atoms with E-state index in [1.807, 2.05) is 6.26 Å². The minimum atomic E-state index is -3.77. The summed E-state index contributed by atoms with van der Waals surface area (Å²) in [5.74, 6) is 0.549. The van der Waals surface area contributed by atoms with Gasteiger partial charge in [-0.2, -0.15) is 11.8 Å². The number of rotatable bonds is 5. The van der Waals surface area contributed by atoms with Crippen molar-refractivity contribution >= 4 is 39.0 Å². The van der Waals surface area contributed by atoms with E-state index in [0.717, 1.165) is 12.1 Å². The molecule has 1 heterocycles. The third kappa shape index (κ3) is 3.86. The fourth-order valence-corrected chi connectivity index (χ4v) is 4.95. The van der Waals surface area contributed by atoms with Gasteiger partial charge in [0.25, 0.3) is 0 Å². The molecular weight excluding hydrogens is 383 g/mol. The molecule has 3 rings (SSSR count). The molecule has 0 spiro atoms. The topological polar surface area (TPSA) is 43.4 Å². The van der Waals surface area contributed by atoms with Crippen LogP contribution in [0.3, 0.4) is 0 Å². The van der Waals surface area contributed by atoms with Crippen LogP contribution < -0.4 is 0 Å². The first-order chi connectivity index (χ1) is 11.9. The van der Waals surface area contributed by atoms with Gasteiger partial charge in [0.1, 0.15) is 17.7 Å². The highest BCUT2D eigenvalue weighted by Crippen LogP contribution is 2.39. The van der Waals surface area contributed by atoms with Crippen molar-refractivity contribution in [2.24, 2.45) is 0 Å². The molecule has 0 bridgehead atoms. The summed E-state index contributed by atoms with van der Waals surface area (Å²) in [5.41, 5.74) is 0.661. The zero-order chi connectivity index (χ0) is 18.0. The Bertz CT molecular complexity index is 891. The minimum Gasteiger partial charge on any atom is -0.488 e. The SMILES string of the molecule is CSCC1CC(S(=O)(=O)c2ccc(F)cc2)=C(c2ccc(Cl)cc2)O1. The zero-order valence-electron chi connectivity index (χ0n) is 13.4. The lowest BCUT2D eigenvalue weighted by molar-refractivity contribution is 0.215. The molecule has 1 aliphatic heterocycles. The summed E-state index contributed by atoms with van der Waals surface area (Å²) in [6, 6.07) is 11.7. The largest absolute Gasteiger partial charge is 0.488 e. The Hall–Kier alpha value is -1.50. The van der Waals surface area contributed by atoms with Gasteiger partial charge in [0, 0.05) is 22.8 Å². The normalized spacial score (nSPS) is 17.6. The Balaban J connectivity index is 2.08. The van der Waals surface area contributed by atoms with Gasteiger partial charge < -0.3 is 4.74 Å². The molecule has 2 aromatic carbocycles. The average molecular weight is 399 g/mol. The Morgan fingerprint density at radius 2 is 1.80 bits per heavy atom. The molecule has 1 unspecified atom stereocenters. The Morgan fingerprint density at radius 3 is 2.40 bits per heavy atom.